The maximum atomic E-state index is 6.06. The molecule has 0 bridgehead atoms. The molecule has 0 saturated heterocycles. The van der Waals surface area contributed by atoms with Gasteiger partial charge < -0.3 is 10.5 Å². The van der Waals surface area contributed by atoms with Gasteiger partial charge in [0.2, 0.25) is 11.8 Å². The average Bonchev–Trinajstić information content (AvgIpc) is 2.78. The van der Waals surface area contributed by atoms with Crippen LogP contribution in [0.1, 0.15) is 11.1 Å². The minimum atomic E-state index is 0.368. The largest absolute Gasteiger partial charge is 0.479 e. The van der Waals surface area contributed by atoms with E-state index in [0.29, 0.717) is 23.0 Å². The summed E-state index contributed by atoms with van der Waals surface area (Å²) in [6.07, 6.45) is 1.45. The highest BCUT2D eigenvalue weighted by Crippen LogP contribution is 2.28. The molecule has 1 aromatic carbocycles. The molecule has 3 rings (SSSR count). The first-order chi connectivity index (χ1) is 9.63. The molecule has 0 aliphatic carbocycles. The molecule has 102 valence electrons. The third kappa shape index (κ3) is 1.69. The van der Waals surface area contributed by atoms with E-state index in [0.717, 1.165) is 11.3 Å². The normalized spacial score (nSPS) is 10.9. The van der Waals surface area contributed by atoms with Crippen LogP contribution in [0.4, 0.5) is 5.95 Å². The summed E-state index contributed by atoms with van der Waals surface area (Å²) in [5.74, 6) is 0.790. The van der Waals surface area contributed by atoms with Crippen molar-refractivity contribution in [3.8, 4) is 11.6 Å². The van der Waals surface area contributed by atoms with Crippen LogP contribution in [0.3, 0.4) is 0 Å². The van der Waals surface area contributed by atoms with Crippen molar-refractivity contribution in [2.75, 3.05) is 12.8 Å². The van der Waals surface area contributed by atoms with Gasteiger partial charge in [-0.1, -0.05) is 12.1 Å². The van der Waals surface area contributed by atoms with Gasteiger partial charge in [-0.3, -0.25) is 4.57 Å². The van der Waals surface area contributed by atoms with Crippen LogP contribution in [0, 0.1) is 13.8 Å². The number of hydrogen-bond acceptors (Lipinski definition) is 5. The number of hydrogen-bond donors (Lipinski definition) is 1. The van der Waals surface area contributed by atoms with E-state index in [-0.39, 0.29) is 0 Å². The van der Waals surface area contributed by atoms with E-state index in [1.807, 2.05) is 23.6 Å². The lowest BCUT2D eigenvalue weighted by Crippen LogP contribution is -2.04. The standard InChI is InChI=1S/C14H15N5O/c1-8-5-4-6-10(9(8)2)19-12-11(18-14(19)15)13(20-3)17-7-16-12/h4-7H,1-3H3,(H2,15,18). The van der Waals surface area contributed by atoms with Gasteiger partial charge in [0.15, 0.2) is 11.2 Å². The molecule has 0 atom stereocenters. The van der Waals surface area contributed by atoms with Gasteiger partial charge in [0.05, 0.1) is 12.8 Å². The van der Waals surface area contributed by atoms with Crippen LogP contribution < -0.4 is 10.5 Å². The van der Waals surface area contributed by atoms with Crippen molar-refractivity contribution in [3.63, 3.8) is 0 Å². The smallest absolute Gasteiger partial charge is 0.245 e. The van der Waals surface area contributed by atoms with Crippen LogP contribution >= 0.6 is 0 Å². The second-order valence-corrected chi connectivity index (χ2v) is 4.58. The highest BCUT2D eigenvalue weighted by molar-refractivity contribution is 5.81. The zero-order valence-corrected chi connectivity index (χ0v) is 11.6. The van der Waals surface area contributed by atoms with Crippen molar-refractivity contribution in [2.45, 2.75) is 13.8 Å². The fourth-order valence-electron chi connectivity index (χ4n) is 2.25. The summed E-state index contributed by atoms with van der Waals surface area (Å²) >= 11 is 0. The van der Waals surface area contributed by atoms with Crippen LogP contribution in [0.5, 0.6) is 5.88 Å². The van der Waals surface area contributed by atoms with Gasteiger partial charge in [-0.05, 0) is 31.0 Å². The molecule has 0 radical (unpaired) electrons. The van der Waals surface area contributed by atoms with E-state index in [4.69, 9.17) is 10.5 Å². The second-order valence-electron chi connectivity index (χ2n) is 4.58. The molecular formula is C14H15N5O. The number of benzene rings is 1. The van der Waals surface area contributed by atoms with E-state index >= 15 is 0 Å². The predicted molar refractivity (Wildman–Crippen MR) is 77.1 cm³/mol. The van der Waals surface area contributed by atoms with Crippen molar-refractivity contribution in [2.24, 2.45) is 0 Å². The van der Waals surface area contributed by atoms with Crippen LogP contribution in [-0.2, 0) is 0 Å². The Hall–Kier alpha value is -2.63. The third-order valence-corrected chi connectivity index (χ3v) is 3.45. The lowest BCUT2D eigenvalue weighted by Gasteiger charge is -2.11. The Labute approximate surface area is 116 Å². The number of methoxy groups -OCH3 is 1. The maximum absolute atomic E-state index is 6.06. The van der Waals surface area contributed by atoms with E-state index in [1.54, 1.807) is 7.11 Å². The molecule has 0 fully saturated rings. The minimum absolute atomic E-state index is 0.368. The predicted octanol–water partition coefficient (Wildman–Crippen LogP) is 2.02. The Kier molecular flexibility index (Phi) is 2.78. The summed E-state index contributed by atoms with van der Waals surface area (Å²) < 4.78 is 7.02. The van der Waals surface area contributed by atoms with E-state index in [9.17, 15) is 0 Å². The van der Waals surface area contributed by atoms with Gasteiger partial charge in [-0.2, -0.15) is 4.98 Å². The molecular weight excluding hydrogens is 254 g/mol. The number of fused-ring (bicyclic) bond motifs is 1. The first-order valence-electron chi connectivity index (χ1n) is 6.23. The highest BCUT2D eigenvalue weighted by atomic mass is 16.5. The van der Waals surface area contributed by atoms with Gasteiger partial charge in [0.1, 0.15) is 6.33 Å². The molecule has 2 aromatic heterocycles. The second kappa shape index (κ2) is 4.48. The third-order valence-electron chi connectivity index (χ3n) is 3.45. The summed E-state index contributed by atoms with van der Waals surface area (Å²) in [6, 6.07) is 6.04. The lowest BCUT2D eigenvalue weighted by molar-refractivity contribution is 0.401. The molecule has 6 heteroatoms. The van der Waals surface area contributed by atoms with Crippen LogP contribution in [-0.4, -0.2) is 26.6 Å². The molecule has 0 aliphatic heterocycles. The number of nitrogens with zero attached hydrogens (tertiary/aromatic N) is 4. The van der Waals surface area contributed by atoms with Gasteiger partial charge in [-0.15, -0.1) is 0 Å². The number of aryl methyl sites for hydroxylation is 1. The van der Waals surface area contributed by atoms with Crippen molar-refractivity contribution >= 4 is 17.1 Å². The summed E-state index contributed by atoms with van der Waals surface area (Å²) in [6.45, 7) is 4.11. The van der Waals surface area contributed by atoms with Gasteiger partial charge in [0.25, 0.3) is 0 Å². The molecule has 0 spiro atoms. The Balaban J connectivity index is 2.37. The molecule has 0 aliphatic rings. The zero-order valence-electron chi connectivity index (χ0n) is 11.6. The average molecular weight is 269 g/mol. The van der Waals surface area contributed by atoms with E-state index in [1.165, 1.54) is 11.9 Å². The number of aromatic nitrogens is 4. The topological polar surface area (TPSA) is 78.8 Å². The van der Waals surface area contributed by atoms with Gasteiger partial charge >= 0.3 is 0 Å². The van der Waals surface area contributed by atoms with Crippen molar-refractivity contribution < 1.29 is 4.74 Å². The quantitative estimate of drug-likeness (QED) is 0.770. The lowest BCUT2D eigenvalue weighted by atomic mass is 10.1. The van der Waals surface area contributed by atoms with Crippen LogP contribution in [0.2, 0.25) is 0 Å². The summed E-state index contributed by atoms with van der Waals surface area (Å²) in [7, 11) is 1.55. The Morgan fingerprint density at radius 3 is 2.75 bits per heavy atom. The molecule has 2 N–H and O–H groups in total. The Morgan fingerprint density at radius 1 is 1.20 bits per heavy atom. The number of ether oxygens (including phenoxy) is 1. The molecule has 0 amide bonds. The highest BCUT2D eigenvalue weighted by Gasteiger charge is 2.17. The van der Waals surface area contributed by atoms with Crippen LogP contribution in [0.15, 0.2) is 24.5 Å². The summed E-state index contributed by atoms with van der Waals surface area (Å²) in [5, 5.41) is 0. The van der Waals surface area contributed by atoms with Crippen molar-refractivity contribution in [1.29, 1.82) is 0 Å². The monoisotopic (exact) mass is 269 g/mol. The van der Waals surface area contributed by atoms with Crippen molar-refractivity contribution in [3.05, 3.63) is 35.7 Å². The zero-order chi connectivity index (χ0) is 14.3. The number of rotatable bonds is 2. The van der Waals surface area contributed by atoms with Gasteiger partial charge in [-0.25, -0.2) is 9.97 Å². The van der Waals surface area contributed by atoms with E-state index < -0.39 is 0 Å². The number of imidazole rings is 1. The fourth-order valence-corrected chi connectivity index (χ4v) is 2.25. The molecule has 6 nitrogen and oxygen atoms in total. The maximum Gasteiger partial charge on any atom is 0.245 e. The number of nitrogens with two attached hydrogens (primary N) is 1. The fraction of sp³-hybridized carbons (Fsp3) is 0.214. The van der Waals surface area contributed by atoms with Gasteiger partial charge in [0, 0.05) is 0 Å². The Bertz CT molecular complexity index is 794. The SMILES string of the molecule is COc1ncnc2c1nc(N)n2-c1cccc(C)c1C. The Morgan fingerprint density at radius 2 is 2.00 bits per heavy atom. The first-order valence-corrected chi connectivity index (χ1v) is 6.23. The summed E-state index contributed by atoms with van der Waals surface area (Å²) in [4.78, 5) is 12.7. The molecule has 20 heavy (non-hydrogen) atoms. The molecule has 2 heterocycles. The van der Waals surface area contributed by atoms with Crippen molar-refractivity contribution in [1.82, 2.24) is 19.5 Å². The molecule has 3 aromatic rings. The summed E-state index contributed by atoms with van der Waals surface area (Å²) in [5.41, 5.74) is 10.5. The minimum Gasteiger partial charge on any atom is -0.479 e. The number of nitrogen functional groups attached to an aromatic ring is 1. The molecule has 0 unspecified atom stereocenters. The molecule has 0 saturated carbocycles. The number of anilines is 1. The first kappa shape index (κ1) is 12.4. The van der Waals surface area contributed by atoms with E-state index in [2.05, 4.69) is 27.9 Å². The van der Waals surface area contributed by atoms with Crippen LogP contribution in [0.25, 0.3) is 16.9 Å².